The molecule has 0 amide bonds. The maximum atomic E-state index is 10.3. The number of imidazole rings is 1. The highest BCUT2D eigenvalue weighted by Crippen LogP contribution is 2.28. The lowest BCUT2D eigenvalue weighted by atomic mass is 10.1. The predicted molar refractivity (Wildman–Crippen MR) is 74.7 cm³/mol. The molecule has 0 radical (unpaired) electrons. The van der Waals surface area contributed by atoms with Crippen LogP contribution in [0.25, 0.3) is 4.96 Å². The fraction of sp³-hybridized carbons (Fsp3) is 0.333. The van der Waals surface area contributed by atoms with Crippen LogP contribution in [0.15, 0.2) is 17.8 Å². The zero-order valence-electron chi connectivity index (χ0n) is 10.5. The van der Waals surface area contributed by atoms with Crippen LogP contribution in [-0.4, -0.2) is 24.3 Å². The normalized spacial score (nSPS) is 13.3. The van der Waals surface area contributed by atoms with Gasteiger partial charge in [0.2, 0.25) is 0 Å². The molecule has 3 aromatic heterocycles. The molecule has 0 saturated heterocycles. The van der Waals surface area contributed by atoms with Crippen LogP contribution in [0.3, 0.4) is 0 Å². The highest BCUT2D eigenvalue weighted by Gasteiger charge is 2.20. The van der Waals surface area contributed by atoms with Gasteiger partial charge in [0, 0.05) is 36.8 Å². The molecule has 3 aromatic rings. The number of hydrogen-bond donors (Lipinski definition) is 1. The lowest BCUT2D eigenvalue weighted by Crippen LogP contribution is -2.03. The molecule has 0 fully saturated rings. The SMILES string of the molecule is Cc1nn(C)c(Cl)c1C(O)Cc1cn2ccsc2n1. The number of aliphatic hydroxyl groups is 1. The molecule has 1 unspecified atom stereocenters. The number of fused-ring (bicyclic) bond motifs is 1. The molecule has 1 atom stereocenters. The van der Waals surface area contributed by atoms with Crippen molar-refractivity contribution >= 4 is 27.9 Å². The van der Waals surface area contributed by atoms with Gasteiger partial charge in [0.05, 0.1) is 17.5 Å². The van der Waals surface area contributed by atoms with Crippen LogP contribution in [0.4, 0.5) is 0 Å². The van der Waals surface area contributed by atoms with E-state index in [1.54, 1.807) is 23.1 Å². The van der Waals surface area contributed by atoms with E-state index in [0.29, 0.717) is 17.1 Å². The summed E-state index contributed by atoms with van der Waals surface area (Å²) in [7, 11) is 1.76. The Morgan fingerprint density at radius 1 is 1.53 bits per heavy atom. The summed E-state index contributed by atoms with van der Waals surface area (Å²) in [6, 6.07) is 0. The van der Waals surface area contributed by atoms with Crippen molar-refractivity contribution in [3.05, 3.63) is 39.9 Å². The Labute approximate surface area is 119 Å². The van der Waals surface area contributed by atoms with Gasteiger partial charge in [-0.3, -0.25) is 9.08 Å². The van der Waals surface area contributed by atoms with Gasteiger partial charge in [-0.15, -0.1) is 11.3 Å². The third-order valence-corrected chi connectivity index (χ3v) is 4.29. The van der Waals surface area contributed by atoms with Crippen LogP contribution >= 0.6 is 22.9 Å². The number of nitrogens with zero attached hydrogens (tertiary/aromatic N) is 4. The largest absolute Gasteiger partial charge is 0.388 e. The standard InChI is InChI=1S/C12H13ClN4OS/c1-7-10(11(13)16(2)15-7)9(18)5-8-6-17-3-4-19-12(17)14-8/h3-4,6,9,18H,5H2,1-2H3. The van der Waals surface area contributed by atoms with E-state index >= 15 is 0 Å². The van der Waals surface area contributed by atoms with E-state index in [9.17, 15) is 5.11 Å². The molecule has 0 saturated carbocycles. The first kappa shape index (κ1) is 12.7. The zero-order chi connectivity index (χ0) is 13.6. The Balaban J connectivity index is 1.88. The van der Waals surface area contributed by atoms with Crippen molar-refractivity contribution in [2.24, 2.45) is 7.05 Å². The number of aliphatic hydroxyl groups excluding tert-OH is 1. The summed E-state index contributed by atoms with van der Waals surface area (Å²) in [4.78, 5) is 5.38. The zero-order valence-corrected chi connectivity index (χ0v) is 12.1. The van der Waals surface area contributed by atoms with Crippen LogP contribution in [0.1, 0.15) is 23.1 Å². The van der Waals surface area contributed by atoms with Gasteiger partial charge in [-0.2, -0.15) is 5.10 Å². The molecule has 3 heterocycles. The third-order valence-electron chi connectivity index (χ3n) is 3.08. The van der Waals surface area contributed by atoms with Crippen molar-refractivity contribution in [3.63, 3.8) is 0 Å². The van der Waals surface area contributed by atoms with E-state index in [-0.39, 0.29) is 0 Å². The lowest BCUT2D eigenvalue weighted by Gasteiger charge is -2.08. The maximum absolute atomic E-state index is 10.3. The minimum Gasteiger partial charge on any atom is -0.388 e. The Bertz CT molecular complexity index is 701. The van der Waals surface area contributed by atoms with Crippen molar-refractivity contribution in [3.8, 4) is 0 Å². The lowest BCUT2D eigenvalue weighted by molar-refractivity contribution is 0.176. The van der Waals surface area contributed by atoms with Gasteiger partial charge in [-0.05, 0) is 6.92 Å². The first-order valence-electron chi connectivity index (χ1n) is 5.84. The Morgan fingerprint density at radius 2 is 2.32 bits per heavy atom. The summed E-state index contributed by atoms with van der Waals surface area (Å²) in [5, 5.41) is 17.0. The van der Waals surface area contributed by atoms with Gasteiger partial charge in [0.15, 0.2) is 4.96 Å². The maximum Gasteiger partial charge on any atom is 0.193 e. The summed E-state index contributed by atoms with van der Waals surface area (Å²) in [6.07, 6.45) is 3.62. The number of hydrogen-bond acceptors (Lipinski definition) is 4. The quantitative estimate of drug-likeness (QED) is 0.807. The van der Waals surface area contributed by atoms with Crippen LogP contribution in [0.5, 0.6) is 0 Å². The third kappa shape index (κ3) is 2.16. The summed E-state index contributed by atoms with van der Waals surface area (Å²) < 4.78 is 3.52. The number of thiazole rings is 1. The van der Waals surface area contributed by atoms with Gasteiger partial charge in [0.1, 0.15) is 5.15 Å². The number of rotatable bonds is 3. The smallest absolute Gasteiger partial charge is 0.193 e. The average Bonchev–Trinajstić information content (AvgIpc) is 2.94. The molecule has 0 aliphatic heterocycles. The van der Waals surface area contributed by atoms with Crippen molar-refractivity contribution in [2.45, 2.75) is 19.4 Å². The van der Waals surface area contributed by atoms with Gasteiger partial charge < -0.3 is 5.11 Å². The van der Waals surface area contributed by atoms with Crippen molar-refractivity contribution in [1.82, 2.24) is 19.2 Å². The second kappa shape index (κ2) is 4.63. The molecule has 7 heteroatoms. The molecule has 0 aliphatic rings. The van der Waals surface area contributed by atoms with E-state index in [2.05, 4.69) is 10.1 Å². The molecule has 1 N–H and O–H groups in total. The fourth-order valence-electron chi connectivity index (χ4n) is 2.20. The molecule has 0 aromatic carbocycles. The molecule has 3 rings (SSSR count). The summed E-state index contributed by atoms with van der Waals surface area (Å²) >= 11 is 7.72. The summed E-state index contributed by atoms with van der Waals surface area (Å²) in [6.45, 7) is 1.84. The monoisotopic (exact) mass is 296 g/mol. The number of aryl methyl sites for hydroxylation is 2. The van der Waals surface area contributed by atoms with E-state index in [1.165, 1.54) is 0 Å². The fourth-order valence-corrected chi connectivity index (χ4v) is 3.22. The number of aromatic nitrogens is 4. The molecule has 0 bridgehead atoms. The molecule has 0 aliphatic carbocycles. The van der Waals surface area contributed by atoms with Crippen LogP contribution in [0, 0.1) is 6.92 Å². The van der Waals surface area contributed by atoms with Crippen LogP contribution in [-0.2, 0) is 13.5 Å². The Kier molecular flexibility index (Phi) is 3.08. The average molecular weight is 297 g/mol. The first-order chi connectivity index (χ1) is 9.06. The highest BCUT2D eigenvalue weighted by atomic mass is 35.5. The van der Waals surface area contributed by atoms with Crippen molar-refractivity contribution in [1.29, 1.82) is 0 Å². The first-order valence-corrected chi connectivity index (χ1v) is 7.10. The van der Waals surface area contributed by atoms with Gasteiger partial charge in [-0.1, -0.05) is 11.6 Å². The van der Waals surface area contributed by atoms with E-state index in [4.69, 9.17) is 11.6 Å². The second-order valence-corrected chi connectivity index (χ2v) is 5.69. The second-order valence-electron chi connectivity index (χ2n) is 4.46. The van der Waals surface area contributed by atoms with Crippen molar-refractivity contribution in [2.75, 3.05) is 0 Å². The Hall–Kier alpha value is -1.37. The van der Waals surface area contributed by atoms with E-state index in [0.717, 1.165) is 16.3 Å². The van der Waals surface area contributed by atoms with Gasteiger partial charge >= 0.3 is 0 Å². The minimum absolute atomic E-state index is 0.431. The van der Waals surface area contributed by atoms with Crippen molar-refractivity contribution < 1.29 is 5.11 Å². The molecule has 5 nitrogen and oxygen atoms in total. The minimum atomic E-state index is -0.689. The van der Waals surface area contributed by atoms with E-state index in [1.807, 2.05) is 29.1 Å². The predicted octanol–water partition coefficient (Wildman–Crippen LogP) is 2.37. The Morgan fingerprint density at radius 3 is 2.95 bits per heavy atom. The van der Waals surface area contributed by atoms with Gasteiger partial charge in [0.25, 0.3) is 0 Å². The van der Waals surface area contributed by atoms with Crippen LogP contribution in [0.2, 0.25) is 5.15 Å². The molecule has 100 valence electrons. The molecule has 0 spiro atoms. The number of halogens is 1. The van der Waals surface area contributed by atoms with Crippen LogP contribution < -0.4 is 0 Å². The molecular formula is C12H13ClN4OS. The summed E-state index contributed by atoms with van der Waals surface area (Å²) in [5.41, 5.74) is 2.28. The topological polar surface area (TPSA) is 55.3 Å². The summed E-state index contributed by atoms with van der Waals surface area (Å²) in [5.74, 6) is 0. The van der Waals surface area contributed by atoms with Gasteiger partial charge in [-0.25, -0.2) is 4.98 Å². The molecular weight excluding hydrogens is 284 g/mol. The highest BCUT2D eigenvalue weighted by molar-refractivity contribution is 7.15. The molecule has 19 heavy (non-hydrogen) atoms. The van der Waals surface area contributed by atoms with E-state index < -0.39 is 6.10 Å².